The molecule has 0 radical (unpaired) electrons. The summed E-state index contributed by atoms with van der Waals surface area (Å²) in [6.07, 6.45) is 7.34. The van der Waals surface area contributed by atoms with Gasteiger partial charge in [-0.15, -0.1) is 0 Å². The molecule has 7 heteroatoms. The summed E-state index contributed by atoms with van der Waals surface area (Å²) in [5.74, 6) is 1.28. The Kier molecular flexibility index (Phi) is 4.99. The second-order valence-electron chi connectivity index (χ2n) is 8.45. The molecule has 5 aromatic rings. The zero-order valence-corrected chi connectivity index (χ0v) is 18.3. The molecule has 3 aromatic carbocycles. The summed E-state index contributed by atoms with van der Waals surface area (Å²) in [6.45, 7) is 0. The number of rotatable bonds is 6. The topological polar surface area (TPSA) is 95.6 Å². The number of benzene rings is 3. The minimum Gasteiger partial charge on any atom is -0.350 e. The SMILES string of the molecule is O=C(/C=C/c1cccc(-c2nc(Nc3ccc4[nH]ncc4c3)c3ccccc3n2)c1)NC1CC1. The largest absolute Gasteiger partial charge is 0.350 e. The first-order chi connectivity index (χ1) is 16.7. The van der Waals surface area contributed by atoms with Crippen LogP contribution in [0, 0.1) is 0 Å². The normalized spacial score (nSPS) is 13.5. The first-order valence-electron chi connectivity index (χ1n) is 11.3. The molecule has 0 atom stereocenters. The Morgan fingerprint density at radius 3 is 2.82 bits per heavy atom. The van der Waals surface area contributed by atoms with Crippen molar-refractivity contribution in [3.63, 3.8) is 0 Å². The van der Waals surface area contributed by atoms with E-state index in [1.165, 1.54) is 0 Å². The highest BCUT2D eigenvalue weighted by Crippen LogP contribution is 2.29. The van der Waals surface area contributed by atoms with Crippen LogP contribution in [0.1, 0.15) is 18.4 Å². The van der Waals surface area contributed by atoms with Crippen LogP contribution in [0.4, 0.5) is 11.5 Å². The molecule has 1 aliphatic rings. The summed E-state index contributed by atoms with van der Waals surface area (Å²) >= 11 is 0. The number of aromatic amines is 1. The highest BCUT2D eigenvalue weighted by Gasteiger charge is 2.22. The Morgan fingerprint density at radius 2 is 1.91 bits per heavy atom. The average Bonchev–Trinajstić information content (AvgIpc) is 3.55. The van der Waals surface area contributed by atoms with Gasteiger partial charge in [-0.2, -0.15) is 5.10 Å². The fourth-order valence-electron chi connectivity index (χ4n) is 3.89. The van der Waals surface area contributed by atoms with E-state index in [0.717, 1.165) is 57.3 Å². The smallest absolute Gasteiger partial charge is 0.244 e. The average molecular weight is 447 g/mol. The molecule has 34 heavy (non-hydrogen) atoms. The number of nitrogens with zero attached hydrogens (tertiary/aromatic N) is 3. The quantitative estimate of drug-likeness (QED) is 0.311. The summed E-state index contributed by atoms with van der Waals surface area (Å²) in [4.78, 5) is 21.7. The molecule has 7 nitrogen and oxygen atoms in total. The van der Waals surface area contributed by atoms with Gasteiger partial charge in [-0.05, 0) is 60.9 Å². The van der Waals surface area contributed by atoms with Crippen molar-refractivity contribution in [2.45, 2.75) is 18.9 Å². The second-order valence-corrected chi connectivity index (χ2v) is 8.45. The molecule has 1 fully saturated rings. The molecule has 0 saturated heterocycles. The molecule has 0 aliphatic heterocycles. The van der Waals surface area contributed by atoms with Crippen molar-refractivity contribution < 1.29 is 4.79 Å². The predicted molar refractivity (Wildman–Crippen MR) is 135 cm³/mol. The number of carbonyl (C=O) groups is 1. The van der Waals surface area contributed by atoms with Gasteiger partial charge in [-0.25, -0.2) is 9.97 Å². The monoisotopic (exact) mass is 446 g/mol. The van der Waals surface area contributed by atoms with Gasteiger partial charge in [0.05, 0.1) is 17.2 Å². The number of nitrogens with one attached hydrogen (secondary N) is 3. The molecule has 3 N–H and O–H groups in total. The molecule has 6 rings (SSSR count). The minimum atomic E-state index is -0.0593. The zero-order valence-electron chi connectivity index (χ0n) is 18.3. The Labute approximate surface area is 196 Å². The molecule has 1 amide bonds. The Morgan fingerprint density at radius 1 is 1.00 bits per heavy atom. The van der Waals surface area contributed by atoms with Crippen LogP contribution in [0.15, 0.2) is 79.0 Å². The molecule has 2 heterocycles. The standard InChI is InChI=1S/C27H22N6O/c34-25(29-20-9-10-20)13-8-17-4-3-5-18(14-17)26-31-24-7-2-1-6-22(24)27(32-26)30-21-11-12-23-19(15-21)16-28-33-23/h1-8,11-16,20H,9-10H2,(H,28,33)(H,29,34)(H,30,31,32)/b13-8+. The number of carbonyl (C=O) groups excluding carboxylic acids is 1. The van der Waals surface area contributed by atoms with E-state index in [2.05, 4.69) is 20.8 Å². The predicted octanol–water partition coefficient (Wildman–Crippen LogP) is 5.21. The number of amides is 1. The van der Waals surface area contributed by atoms with Gasteiger partial charge in [0.1, 0.15) is 5.82 Å². The van der Waals surface area contributed by atoms with Gasteiger partial charge >= 0.3 is 0 Å². The molecule has 0 spiro atoms. The van der Waals surface area contributed by atoms with Crippen molar-refractivity contribution in [2.75, 3.05) is 5.32 Å². The van der Waals surface area contributed by atoms with Crippen LogP contribution in [0.2, 0.25) is 0 Å². The van der Waals surface area contributed by atoms with Crippen LogP contribution in [0.25, 0.3) is 39.3 Å². The second kappa shape index (κ2) is 8.44. The summed E-state index contributed by atoms with van der Waals surface area (Å²) in [5, 5.41) is 15.4. The highest BCUT2D eigenvalue weighted by atomic mass is 16.1. The summed E-state index contributed by atoms with van der Waals surface area (Å²) in [5.41, 5.74) is 4.55. The van der Waals surface area contributed by atoms with Gasteiger partial charge in [0, 0.05) is 34.1 Å². The van der Waals surface area contributed by atoms with E-state index in [-0.39, 0.29) is 5.91 Å². The molecule has 2 aromatic heterocycles. The first kappa shape index (κ1) is 20.1. The van der Waals surface area contributed by atoms with Crippen molar-refractivity contribution in [1.29, 1.82) is 0 Å². The van der Waals surface area contributed by atoms with E-state index in [4.69, 9.17) is 9.97 Å². The number of H-pyrrole nitrogens is 1. The maximum Gasteiger partial charge on any atom is 0.244 e. The van der Waals surface area contributed by atoms with E-state index < -0.39 is 0 Å². The first-order valence-corrected chi connectivity index (χ1v) is 11.3. The molecule has 1 aliphatic carbocycles. The number of hydrogen-bond acceptors (Lipinski definition) is 5. The fourth-order valence-corrected chi connectivity index (χ4v) is 3.89. The summed E-state index contributed by atoms with van der Waals surface area (Å²) in [7, 11) is 0. The van der Waals surface area contributed by atoms with E-state index >= 15 is 0 Å². The third-order valence-electron chi connectivity index (χ3n) is 5.80. The van der Waals surface area contributed by atoms with E-state index in [1.54, 1.807) is 12.3 Å². The van der Waals surface area contributed by atoms with Gasteiger partial charge in [-0.3, -0.25) is 9.89 Å². The fraction of sp³-hybridized carbons (Fsp3) is 0.111. The van der Waals surface area contributed by atoms with Gasteiger partial charge < -0.3 is 10.6 Å². The summed E-state index contributed by atoms with van der Waals surface area (Å²) in [6, 6.07) is 22.2. The number of aromatic nitrogens is 4. The van der Waals surface area contributed by atoms with E-state index in [9.17, 15) is 4.79 Å². The lowest BCUT2D eigenvalue weighted by Gasteiger charge is -2.11. The number of fused-ring (bicyclic) bond motifs is 2. The van der Waals surface area contributed by atoms with Gasteiger partial charge in [-0.1, -0.05) is 30.3 Å². The van der Waals surface area contributed by atoms with Gasteiger partial charge in [0.2, 0.25) is 5.91 Å². The summed E-state index contributed by atoms with van der Waals surface area (Å²) < 4.78 is 0. The maximum absolute atomic E-state index is 12.0. The molecule has 166 valence electrons. The van der Waals surface area contributed by atoms with Crippen LogP contribution in [-0.2, 0) is 4.79 Å². The number of anilines is 2. The van der Waals surface area contributed by atoms with Crippen molar-refractivity contribution in [3.05, 3.63) is 84.6 Å². The Balaban J connectivity index is 1.34. The van der Waals surface area contributed by atoms with Crippen LogP contribution >= 0.6 is 0 Å². The lowest BCUT2D eigenvalue weighted by atomic mass is 10.1. The van der Waals surface area contributed by atoms with E-state index in [0.29, 0.717) is 11.9 Å². The maximum atomic E-state index is 12.0. The minimum absolute atomic E-state index is 0.0593. The molecule has 0 unspecified atom stereocenters. The molecular weight excluding hydrogens is 424 g/mol. The molecular formula is C27H22N6O. The Bertz CT molecular complexity index is 1550. The van der Waals surface area contributed by atoms with E-state index in [1.807, 2.05) is 72.8 Å². The lowest BCUT2D eigenvalue weighted by Crippen LogP contribution is -2.22. The third-order valence-corrected chi connectivity index (χ3v) is 5.80. The molecule has 1 saturated carbocycles. The lowest BCUT2D eigenvalue weighted by molar-refractivity contribution is -0.116. The van der Waals surface area contributed by atoms with Crippen LogP contribution in [0.5, 0.6) is 0 Å². The molecule has 0 bridgehead atoms. The van der Waals surface area contributed by atoms with Gasteiger partial charge in [0.25, 0.3) is 0 Å². The van der Waals surface area contributed by atoms with Crippen molar-refractivity contribution >= 4 is 45.3 Å². The van der Waals surface area contributed by atoms with Crippen molar-refractivity contribution in [2.24, 2.45) is 0 Å². The van der Waals surface area contributed by atoms with Crippen LogP contribution in [-0.4, -0.2) is 32.1 Å². The van der Waals surface area contributed by atoms with Crippen molar-refractivity contribution in [3.8, 4) is 11.4 Å². The van der Waals surface area contributed by atoms with Crippen LogP contribution in [0.3, 0.4) is 0 Å². The number of hydrogen-bond donors (Lipinski definition) is 3. The van der Waals surface area contributed by atoms with Crippen molar-refractivity contribution in [1.82, 2.24) is 25.5 Å². The number of para-hydroxylation sites is 1. The highest BCUT2D eigenvalue weighted by molar-refractivity contribution is 5.94. The zero-order chi connectivity index (χ0) is 22.9. The van der Waals surface area contributed by atoms with Gasteiger partial charge in [0.15, 0.2) is 5.82 Å². The van der Waals surface area contributed by atoms with Crippen LogP contribution < -0.4 is 10.6 Å². The Hall–Kier alpha value is -4.52. The third kappa shape index (κ3) is 4.23.